The second-order valence-corrected chi connectivity index (χ2v) is 6.83. The number of benzene rings is 1. The van der Waals surface area contributed by atoms with Gasteiger partial charge in [-0.05, 0) is 24.5 Å². The molecule has 0 aliphatic carbocycles. The number of aromatic nitrogens is 4. The molecule has 1 fully saturated rings. The SMILES string of the molecule is Cc1ccccc1CC(=O)N1CC[C@H](n2c(=O)n(C)c3cncnc32)C1. The minimum absolute atomic E-state index is 0.0538. The molecule has 1 atom stereocenters. The summed E-state index contributed by atoms with van der Waals surface area (Å²) in [4.78, 5) is 35.5. The molecule has 3 aromatic rings. The van der Waals surface area contributed by atoms with Gasteiger partial charge in [-0.3, -0.25) is 13.9 Å². The molecule has 0 N–H and O–H groups in total. The standard InChI is InChI=1S/C19H21N5O2/c1-13-5-3-4-6-14(13)9-17(25)23-8-7-15(11-23)24-18-16(10-20-12-21-18)22(2)19(24)26/h3-6,10,12,15H,7-9,11H2,1-2H3/t15-/m0/s1. The first-order valence-corrected chi connectivity index (χ1v) is 8.75. The number of hydrogen-bond acceptors (Lipinski definition) is 4. The molecule has 1 saturated heterocycles. The van der Waals surface area contributed by atoms with Crippen LogP contribution in [0.25, 0.3) is 11.2 Å². The number of imidazole rings is 1. The van der Waals surface area contributed by atoms with E-state index < -0.39 is 0 Å². The zero-order chi connectivity index (χ0) is 18.3. The summed E-state index contributed by atoms with van der Waals surface area (Å²) in [7, 11) is 1.72. The van der Waals surface area contributed by atoms with Crippen LogP contribution >= 0.6 is 0 Å². The molecular formula is C19H21N5O2. The molecule has 2 aromatic heterocycles. The fourth-order valence-electron chi connectivity index (χ4n) is 3.68. The molecule has 0 bridgehead atoms. The molecule has 26 heavy (non-hydrogen) atoms. The van der Waals surface area contributed by atoms with Crippen molar-refractivity contribution in [1.29, 1.82) is 0 Å². The van der Waals surface area contributed by atoms with Gasteiger partial charge in [0, 0.05) is 20.1 Å². The number of amides is 1. The molecule has 0 saturated carbocycles. The van der Waals surface area contributed by atoms with E-state index in [1.165, 1.54) is 6.33 Å². The number of carbonyl (C=O) groups excluding carboxylic acids is 1. The average molecular weight is 351 g/mol. The highest BCUT2D eigenvalue weighted by Gasteiger charge is 2.30. The molecule has 4 rings (SSSR count). The second kappa shape index (κ2) is 6.40. The van der Waals surface area contributed by atoms with Crippen molar-refractivity contribution in [2.75, 3.05) is 13.1 Å². The predicted octanol–water partition coefficient (Wildman–Crippen LogP) is 1.45. The lowest BCUT2D eigenvalue weighted by atomic mass is 10.1. The minimum atomic E-state index is -0.112. The van der Waals surface area contributed by atoms with Gasteiger partial charge in [0.05, 0.1) is 18.7 Å². The van der Waals surface area contributed by atoms with Crippen LogP contribution in [0.4, 0.5) is 0 Å². The van der Waals surface area contributed by atoms with Crippen LogP contribution in [0.1, 0.15) is 23.6 Å². The van der Waals surface area contributed by atoms with Gasteiger partial charge >= 0.3 is 5.69 Å². The quantitative estimate of drug-likeness (QED) is 0.716. The highest BCUT2D eigenvalue weighted by Crippen LogP contribution is 2.24. The molecule has 0 radical (unpaired) electrons. The van der Waals surface area contributed by atoms with E-state index in [-0.39, 0.29) is 17.6 Å². The van der Waals surface area contributed by atoms with Crippen molar-refractivity contribution < 1.29 is 4.79 Å². The molecule has 7 nitrogen and oxygen atoms in total. The third-order valence-electron chi connectivity index (χ3n) is 5.24. The molecular weight excluding hydrogens is 330 g/mol. The summed E-state index contributed by atoms with van der Waals surface area (Å²) in [5, 5.41) is 0. The molecule has 0 spiro atoms. The Bertz CT molecular complexity index is 1040. The lowest BCUT2D eigenvalue weighted by Gasteiger charge is -2.17. The zero-order valence-electron chi connectivity index (χ0n) is 14.9. The summed E-state index contributed by atoms with van der Waals surface area (Å²) < 4.78 is 3.27. The van der Waals surface area contributed by atoms with Gasteiger partial charge in [0.15, 0.2) is 5.65 Å². The van der Waals surface area contributed by atoms with Gasteiger partial charge in [-0.1, -0.05) is 24.3 Å². The van der Waals surface area contributed by atoms with E-state index in [0.717, 1.165) is 17.5 Å². The third-order valence-corrected chi connectivity index (χ3v) is 5.24. The van der Waals surface area contributed by atoms with Crippen molar-refractivity contribution in [1.82, 2.24) is 24.0 Å². The topological polar surface area (TPSA) is 73.0 Å². The number of carbonyl (C=O) groups is 1. The van der Waals surface area contributed by atoms with E-state index >= 15 is 0 Å². The van der Waals surface area contributed by atoms with Gasteiger partial charge in [0.25, 0.3) is 0 Å². The smallest absolute Gasteiger partial charge is 0.330 e. The van der Waals surface area contributed by atoms with E-state index in [0.29, 0.717) is 30.7 Å². The van der Waals surface area contributed by atoms with Crippen LogP contribution < -0.4 is 5.69 Å². The van der Waals surface area contributed by atoms with Crippen molar-refractivity contribution in [3.8, 4) is 0 Å². The number of fused-ring (bicyclic) bond motifs is 1. The number of hydrogen-bond donors (Lipinski definition) is 0. The summed E-state index contributed by atoms with van der Waals surface area (Å²) >= 11 is 0. The largest absolute Gasteiger partial charge is 0.340 e. The first-order chi connectivity index (χ1) is 12.6. The van der Waals surface area contributed by atoms with Crippen LogP contribution in [0, 0.1) is 6.92 Å². The molecule has 3 heterocycles. The van der Waals surface area contributed by atoms with Gasteiger partial charge < -0.3 is 4.90 Å². The van der Waals surface area contributed by atoms with E-state index in [1.54, 1.807) is 22.4 Å². The molecule has 0 unspecified atom stereocenters. The lowest BCUT2D eigenvalue weighted by Crippen LogP contribution is -2.32. The van der Waals surface area contributed by atoms with Crippen LogP contribution in [0.5, 0.6) is 0 Å². The normalized spacial score (nSPS) is 17.2. The van der Waals surface area contributed by atoms with Gasteiger partial charge in [-0.2, -0.15) is 0 Å². The average Bonchev–Trinajstić information content (AvgIpc) is 3.21. The predicted molar refractivity (Wildman–Crippen MR) is 97.9 cm³/mol. The maximum atomic E-state index is 12.7. The van der Waals surface area contributed by atoms with Crippen LogP contribution in [0.15, 0.2) is 41.6 Å². The fourth-order valence-corrected chi connectivity index (χ4v) is 3.68. The van der Waals surface area contributed by atoms with Crippen LogP contribution in [0.2, 0.25) is 0 Å². The maximum Gasteiger partial charge on any atom is 0.330 e. The lowest BCUT2D eigenvalue weighted by molar-refractivity contribution is -0.129. The third kappa shape index (κ3) is 2.69. The Balaban J connectivity index is 1.56. The second-order valence-electron chi connectivity index (χ2n) is 6.83. The Hall–Kier alpha value is -2.96. The van der Waals surface area contributed by atoms with Gasteiger partial charge in [0.2, 0.25) is 5.91 Å². The van der Waals surface area contributed by atoms with E-state index in [4.69, 9.17) is 0 Å². The Morgan fingerprint density at radius 3 is 2.92 bits per heavy atom. The number of likely N-dealkylation sites (tertiary alicyclic amines) is 1. The summed E-state index contributed by atoms with van der Waals surface area (Å²) in [6, 6.07) is 7.89. The van der Waals surface area contributed by atoms with E-state index in [2.05, 4.69) is 9.97 Å². The Morgan fingerprint density at radius 1 is 1.31 bits per heavy atom. The van der Waals surface area contributed by atoms with Crippen molar-refractivity contribution in [3.63, 3.8) is 0 Å². The van der Waals surface area contributed by atoms with Crippen LogP contribution in [-0.2, 0) is 18.3 Å². The number of rotatable bonds is 3. The monoisotopic (exact) mass is 351 g/mol. The van der Waals surface area contributed by atoms with Crippen LogP contribution in [-0.4, -0.2) is 43.0 Å². The fraction of sp³-hybridized carbons (Fsp3) is 0.368. The molecule has 1 amide bonds. The first kappa shape index (κ1) is 16.5. The minimum Gasteiger partial charge on any atom is -0.340 e. The Labute approximate surface area is 150 Å². The Morgan fingerprint density at radius 2 is 2.12 bits per heavy atom. The molecule has 1 aliphatic heterocycles. The van der Waals surface area contributed by atoms with Crippen LogP contribution in [0.3, 0.4) is 0 Å². The van der Waals surface area contributed by atoms with Gasteiger partial charge in [-0.25, -0.2) is 14.8 Å². The highest BCUT2D eigenvalue weighted by atomic mass is 16.2. The van der Waals surface area contributed by atoms with Gasteiger partial charge in [0.1, 0.15) is 11.8 Å². The Kier molecular flexibility index (Phi) is 4.06. The molecule has 7 heteroatoms. The summed E-state index contributed by atoms with van der Waals surface area (Å²) in [6.45, 7) is 3.21. The van der Waals surface area contributed by atoms with Gasteiger partial charge in [-0.15, -0.1) is 0 Å². The summed E-state index contributed by atoms with van der Waals surface area (Å²) in [5.74, 6) is 0.102. The molecule has 134 valence electrons. The van der Waals surface area contributed by atoms with E-state index in [1.807, 2.05) is 36.1 Å². The van der Waals surface area contributed by atoms with Crippen molar-refractivity contribution in [2.24, 2.45) is 7.05 Å². The van der Waals surface area contributed by atoms with E-state index in [9.17, 15) is 9.59 Å². The maximum absolute atomic E-state index is 12.7. The molecule has 1 aliphatic rings. The van der Waals surface area contributed by atoms with Crippen molar-refractivity contribution in [2.45, 2.75) is 25.8 Å². The zero-order valence-corrected chi connectivity index (χ0v) is 14.9. The first-order valence-electron chi connectivity index (χ1n) is 8.75. The highest BCUT2D eigenvalue weighted by molar-refractivity contribution is 5.79. The summed E-state index contributed by atoms with van der Waals surface area (Å²) in [6.07, 6.45) is 4.25. The molecule has 1 aromatic carbocycles. The summed E-state index contributed by atoms with van der Waals surface area (Å²) in [5.41, 5.74) is 3.40. The number of aryl methyl sites for hydroxylation is 2. The number of nitrogens with zero attached hydrogens (tertiary/aromatic N) is 5. The van der Waals surface area contributed by atoms with Crippen molar-refractivity contribution >= 4 is 17.1 Å². The van der Waals surface area contributed by atoms with Crippen molar-refractivity contribution in [3.05, 3.63) is 58.4 Å².